The lowest BCUT2D eigenvalue weighted by Crippen LogP contribution is -2.39. The number of hydrogen-bond acceptors (Lipinski definition) is 3. The standard InChI is InChI=1S/C14H21BrN2O/c1-2-17(13-7-8-16-11-13)9-10-18-14-5-3-12(15)4-6-14/h3-6,13,16H,2,7-11H2,1H3. The molecule has 1 aliphatic rings. The Morgan fingerprint density at radius 3 is 2.78 bits per heavy atom. The van der Waals surface area contributed by atoms with Crippen LogP contribution in [0.15, 0.2) is 28.7 Å². The molecule has 1 aliphatic heterocycles. The normalized spacial score (nSPS) is 19.4. The van der Waals surface area contributed by atoms with Gasteiger partial charge in [-0.25, -0.2) is 0 Å². The van der Waals surface area contributed by atoms with Crippen LogP contribution < -0.4 is 10.1 Å². The van der Waals surface area contributed by atoms with Gasteiger partial charge in [-0.15, -0.1) is 0 Å². The minimum absolute atomic E-state index is 0.684. The quantitative estimate of drug-likeness (QED) is 0.873. The molecule has 0 spiro atoms. The zero-order valence-electron chi connectivity index (χ0n) is 10.9. The Morgan fingerprint density at radius 2 is 2.17 bits per heavy atom. The summed E-state index contributed by atoms with van der Waals surface area (Å²) in [4.78, 5) is 2.50. The van der Waals surface area contributed by atoms with Gasteiger partial charge in [0.1, 0.15) is 12.4 Å². The number of nitrogens with zero attached hydrogens (tertiary/aromatic N) is 1. The first kappa shape index (κ1) is 13.8. The smallest absolute Gasteiger partial charge is 0.119 e. The van der Waals surface area contributed by atoms with E-state index in [1.54, 1.807) is 0 Å². The molecule has 4 heteroatoms. The molecule has 0 radical (unpaired) electrons. The Morgan fingerprint density at radius 1 is 1.39 bits per heavy atom. The van der Waals surface area contributed by atoms with E-state index in [2.05, 4.69) is 33.1 Å². The van der Waals surface area contributed by atoms with E-state index in [9.17, 15) is 0 Å². The molecule has 1 unspecified atom stereocenters. The molecule has 1 aromatic carbocycles. The molecular formula is C14H21BrN2O. The van der Waals surface area contributed by atoms with E-state index in [-0.39, 0.29) is 0 Å². The summed E-state index contributed by atoms with van der Waals surface area (Å²) in [5.74, 6) is 0.943. The van der Waals surface area contributed by atoms with Gasteiger partial charge in [-0.3, -0.25) is 4.90 Å². The highest BCUT2D eigenvalue weighted by atomic mass is 79.9. The van der Waals surface area contributed by atoms with Crippen LogP contribution in [-0.2, 0) is 0 Å². The summed E-state index contributed by atoms with van der Waals surface area (Å²) in [6.07, 6.45) is 1.26. The lowest BCUT2D eigenvalue weighted by atomic mass is 10.2. The maximum atomic E-state index is 5.77. The summed E-state index contributed by atoms with van der Waals surface area (Å²) in [5, 5.41) is 3.41. The highest BCUT2D eigenvalue weighted by Gasteiger charge is 2.20. The molecule has 0 amide bonds. The molecule has 3 nitrogen and oxygen atoms in total. The van der Waals surface area contributed by atoms with E-state index in [1.165, 1.54) is 6.42 Å². The Kier molecular flexibility index (Phi) is 5.47. The number of ether oxygens (including phenoxy) is 1. The third-order valence-electron chi connectivity index (χ3n) is 3.42. The Balaban J connectivity index is 1.74. The van der Waals surface area contributed by atoms with Crippen molar-refractivity contribution in [3.05, 3.63) is 28.7 Å². The molecule has 1 aromatic rings. The molecular weight excluding hydrogens is 292 g/mol. The number of benzene rings is 1. The van der Waals surface area contributed by atoms with Gasteiger partial charge in [-0.05, 0) is 43.8 Å². The highest BCUT2D eigenvalue weighted by Crippen LogP contribution is 2.16. The molecule has 0 bridgehead atoms. The van der Waals surface area contributed by atoms with Crippen molar-refractivity contribution in [1.82, 2.24) is 10.2 Å². The Hall–Kier alpha value is -0.580. The van der Waals surface area contributed by atoms with Crippen molar-refractivity contribution in [3.8, 4) is 5.75 Å². The van der Waals surface area contributed by atoms with Gasteiger partial charge in [0.05, 0.1) is 0 Å². The van der Waals surface area contributed by atoms with Crippen LogP contribution in [0.5, 0.6) is 5.75 Å². The van der Waals surface area contributed by atoms with Crippen molar-refractivity contribution >= 4 is 15.9 Å². The first-order valence-corrected chi connectivity index (χ1v) is 7.42. The number of halogens is 1. The zero-order valence-corrected chi connectivity index (χ0v) is 12.4. The minimum Gasteiger partial charge on any atom is -0.492 e. The second-order valence-corrected chi connectivity index (χ2v) is 5.49. The highest BCUT2D eigenvalue weighted by molar-refractivity contribution is 9.10. The van der Waals surface area contributed by atoms with Gasteiger partial charge in [0.2, 0.25) is 0 Å². The van der Waals surface area contributed by atoms with Crippen molar-refractivity contribution in [3.63, 3.8) is 0 Å². The third kappa shape index (κ3) is 3.97. The second-order valence-electron chi connectivity index (χ2n) is 4.58. The largest absolute Gasteiger partial charge is 0.492 e. The summed E-state index contributed by atoms with van der Waals surface area (Å²) < 4.78 is 6.86. The van der Waals surface area contributed by atoms with Gasteiger partial charge in [0.25, 0.3) is 0 Å². The molecule has 0 saturated carbocycles. The fraction of sp³-hybridized carbons (Fsp3) is 0.571. The van der Waals surface area contributed by atoms with Crippen LogP contribution in [0.1, 0.15) is 13.3 Å². The summed E-state index contributed by atoms with van der Waals surface area (Å²) in [7, 11) is 0. The number of likely N-dealkylation sites (N-methyl/N-ethyl adjacent to an activating group) is 1. The molecule has 1 fully saturated rings. The molecule has 1 N–H and O–H groups in total. The van der Waals surface area contributed by atoms with Crippen molar-refractivity contribution in [2.45, 2.75) is 19.4 Å². The monoisotopic (exact) mass is 312 g/mol. The van der Waals surface area contributed by atoms with Gasteiger partial charge in [0, 0.05) is 23.6 Å². The average Bonchev–Trinajstić information content (AvgIpc) is 2.91. The van der Waals surface area contributed by atoms with Crippen LogP contribution in [-0.4, -0.2) is 43.7 Å². The molecule has 1 heterocycles. The van der Waals surface area contributed by atoms with Crippen molar-refractivity contribution in [1.29, 1.82) is 0 Å². The number of nitrogens with one attached hydrogen (secondary N) is 1. The maximum absolute atomic E-state index is 5.77. The van der Waals surface area contributed by atoms with E-state index in [0.29, 0.717) is 6.04 Å². The van der Waals surface area contributed by atoms with Crippen LogP contribution >= 0.6 is 15.9 Å². The molecule has 100 valence electrons. The zero-order chi connectivity index (χ0) is 12.8. The van der Waals surface area contributed by atoms with E-state index >= 15 is 0 Å². The fourth-order valence-electron chi connectivity index (χ4n) is 2.36. The van der Waals surface area contributed by atoms with Gasteiger partial charge in [-0.1, -0.05) is 22.9 Å². The predicted molar refractivity (Wildman–Crippen MR) is 78.2 cm³/mol. The SMILES string of the molecule is CCN(CCOc1ccc(Br)cc1)C1CCNC1. The Bertz CT molecular complexity index is 349. The summed E-state index contributed by atoms with van der Waals surface area (Å²) >= 11 is 3.42. The van der Waals surface area contributed by atoms with Gasteiger partial charge < -0.3 is 10.1 Å². The molecule has 1 saturated heterocycles. The molecule has 2 rings (SSSR count). The van der Waals surface area contributed by atoms with Crippen molar-refractivity contribution < 1.29 is 4.74 Å². The van der Waals surface area contributed by atoms with Gasteiger partial charge >= 0.3 is 0 Å². The summed E-state index contributed by atoms with van der Waals surface area (Å²) in [6.45, 7) is 7.33. The van der Waals surface area contributed by atoms with E-state index in [4.69, 9.17) is 4.74 Å². The maximum Gasteiger partial charge on any atom is 0.119 e. The Labute approximate surface area is 118 Å². The van der Waals surface area contributed by atoms with Crippen LogP contribution in [0.25, 0.3) is 0 Å². The minimum atomic E-state index is 0.684. The number of hydrogen-bond donors (Lipinski definition) is 1. The number of rotatable bonds is 6. The molecule has 1 atom stereocenters. The summed E-state index contributed by atoms with van der Waals surface area (Å²) in [5.41, 5.74) is 0. The first-order valence-electron chi connectivity index (χ1n) is 6.62. The average molecular weight is 313 g/mol. The van der Waals surface area contributed by atoms with Crippen LogP contribution in [0, 0.1) is 0 Å². The van der Waals surface area contributed by atoms with Gasteiger partial charge in [0.15, 0.2) is 0 Å². The third-order valence-corrected chi connectivity index (χ3v) is 3.95. The van der Waals surface area contributed by atoms with E-state index in [1.807, 2.05) is 24.3 Å². The van der Waals surface area contributed by atoms with E-state index in [0.717, 1.165) is 43.0 Å². The first-order chi connectivity index (χ1) is 8.79. The summed E-state index contributed by atoms with van der Waals surface area (Å²) in [6, 6.07) is 8.69. The van der Waals surface area contributed by atoms with Crippen molar-refractivity contribution in [2.75, 3.05) is 32.8 Å². The predicted octanol–water partition coefficient (Wildman–Crippen LogP) is 2.51. The fourth-order valence-corrected chi connectivity index (χ4v) is 2.63. The van der Waals surface area contributed by atoms with Gasteiger partial charge in [-0.2, -0.15) is 0 Å². The second kappa shape index (κ2) is 7.12. The lowest BCUT2D eigenvalue weighted by molar-refractivity contribution is 0.174. The van der Waals surface area contributed by atoms with Crippen LogP contribution in [0.3, 0.4) is 0 Å². The lowest BCUT2D eigenvalue weighted by Gasteiger charge is -2.26. The van der Waals surface area contributed by atoms with E-state index < -0.39 is 0 Å². The van der Waals surface area contributed by atoms with Crippen LogP contribution in [0.4, 0.5) is 0 Å². The molecule has 0 aromatic heterocycles. The topological polar surface area (TPSA) is 24.5 Å². The van der Waals surface area contributed by atoms with Crippen LogP contribution in [0.2, 0.25) is 0 Å². The molecule has 18 heavy (non-hydrogen) atoms. The molecule has 0 aliphatic carbocycles. The van der Waals surface area contributed by atoms with Crippen molar-refractivity contribution in [2.24, 2.45) is 0 Å².